The van der Waals surface area contributed by atoms with Crippen LogP contribution in [0.4, 0.5) is 4.39 Å². The Hall–Kier alpha value is -0.910. The van der Waals surface area contributed by atoms with Gasteiger partial charge in [0.15, 0.2) is 4.34 Å². The van der Waals surface area contributed by atoms with Crippen molar-refractivity contribution < 1.29 is 4.39 Å². The van der Waals surface area contributed by atoms with E-state index in [0.29, 0.717) is 6.54 Å². The number of halogens is 1. The van der Waals surface area contributed by atoms with E-state index in [1.165, 1.54) is 6.07 Å². The quantitative estimate of drug-likeness (QED) is 0.891. The van der Waals surface area contributed by atoms with Crippen LogP contribution in [0.3, 0.4) is 0 Å². The van der Waals surface area contributed by atoms with E-state index in [0.717, 1.165) is 20.5 Å². The summed E-state index contributed by atoms with van der Waals surface area (Å²) in [4.78, 5) is 5.50. The second-order valence-corrected chi connectivity index (χ2v) is 7.86. The lowest BCUT2D eigenvalue weighted by Crippen LogP contribution is -2.35. The zero-order valence-corrected chi connectivity index (χ0v) is 13.8. The fourth-order valence-corrected chi connectivity index (χ4v) is 3.52. The standard InChI is InChI=1S/C15H19FN2S2/c1-10-9-19-14(18-10)20-13-6-5-12(16)7-11(13)8-17-15(2,3)4/h5-7,9,17H,8H2,1-4H3. The SMILES string of the molecule is Cc1csc(Sc2ccc(F)cc2CNC(C)(C)C)n1. The maximum atomic E-state index is 13.5. The van der Waals surface area contributed by atoms with E-state index in [-0.39, 0.29) is 11.4 Å². The highest BCUT2D eigenvalue weighted by Gasteiger charge is 2.12. The number of aryl methyl sites for hydroxylation is 1. The van der Waals surface area contributed by atoms with Gasteiger partial charge in [-0.25, -0.2) is 9.37 Å². The molecule has 0 bridgehead atoms. The highest BCUT2D eigenvalue weighted by atomic mass is 32.2. The molecule has 2 nitrogen and oxygen atoms in total. The van der Waals surface area contributed by atoms with Gasteiger partial charge in [-0.1, -0.05) is 11.8 Å². The lowest BCUT2D eigenvalue weighted by Gasteiger charge is -2.21. The molecule has 0 aliphatic heterocycles. The Morgan fingerprint density at radius 3 is 2.70 bits per heavy atom. The number of nitrogens with zero attached hydrogens (tertiary/aromatic N) is 1. The van der Waals surface area contributed by atoms with Crippen molar-refractivity contribution in [3.63, 3.8) is 0 Å². The van der Waals surface area contributed by atoms with E-state index >= 15 is 0 Å². The molecule has 0 aliphatic rings. The smallest absolute Gasteiger partial charge is 0.154 e. The summed E-state index contributed by atoms with van der Waals surface area (Å²) in [5.74, 6) is -0.199. The Kier molecular flexibility index (Phi) is 4.83. The normalized spacial score (nSPS) is 11.8. The molecule has 0 saturated carbocycles. The third kappa shape index (κ3) is 4.58. The molecule has 0 aliphatic carbocycles. The molecule has 0 saturated heterocycles. The molecule has 20 heavy (non-hydrogen) atoms. The molecule has 0 radical (unpaired) electrons. The van der Waals surface area contributed by atoms with Crippen LogP contribution >= 0.6 is 23.1 Å². The lowest BCUT2D eigenvalue weighted by molar-refractivity contribution is 0.422. The second kappa shape index (κ2) is 6.24. The molecule has 0 unspecified atom stereocenters. The van der Waals surface area contributed by atoms with Gasteiger partial charge in [0.05, 0.1) is 0 Å². The molecule has 0 spiro atoms. The highest BCUT2D eigenvalue weighted by Crippen LogP contribution is 2.33. The van der Waals surface area contributed by atoms with Crippen LogP contribution < -0.4 is 5.32 Å². The number of rotatable bonds is 4. The van der Waals surface area contributed by atoms with E-state index in [4.69, 9.17) is 0 Å². The van der Waals surface area contributed by atoms with Gasteiger partial charge in [0.1, 0.15) is 5.82 Å². The lowest BCUT2D eigenvalue weighted by atomic mass is 10.1. The van der Waals surface area contributed by atoms with Gasteiger partial charge < -0.3 is 5.32 Å². The van der Waals surface area contributed by atoms with Crippen molar-refractivity contribution in [1.29, 1.82) is 0 Å². The molecule has 0 amide bonds. The van der Waals surface area contributed by atoms with Crippen molar-refractivity contribution in [3.05, 3.63) is 40.7 Å². The third-order valence-electron chi connectivity index (χ3n) is 2.63. The largest absolute Gasteiger partial charge is 0.308 e. The first-order valence-corrected chi connectivity index (χ1v) is 8.16. The molecule has 108 valence electrons. The van der Waals surface area contributed by atoms with Crippen LogP contribution in [0.15, 0.2) is 32.8 Å². The zero-order chi connectivity index (χ0) is 14.8. The minimum absolute atomic E-state index is 0.00598. The Bertz CT molecular complexity index is 588. The predicted octanol–water partition coefficient (Wildman–Crippen LogP) is 4.63. The molecule has 1 N–H and O–H groups in total. The summed E-state index contributed by atoms with van der Waals surface area (Å²) in [6.07, 6.45) is 0. The first kappa shape index (κ1) is 15.5. The van der Waals surface area contributed by atoms with Crippen LogP contribution in [0.1, 0.15) is 32.0 Å². The fourth-order valence-electron chi connectivity index (χ4n) is 1.62. The van der Waals surface area contributed by atoms with Gasteiger partial charge in [-0.15, -0.1) is 11.3 Å². The summed E-state index contributed by atoms with van der Waals surface area (Å²) in [7, 11) is 0. The van der Waals surface area contributed by atoms with Crippen LogP contribution in [0, 0.1) is 12.7 Å². The average molecular weight is 310 g/mol. The number of hydrogen-bond donors (Lipinski definition) is 1. The highest BCUT2D eigenvalue weighted by molar-refractivity contribution is 8.01. The van der Waals surface area contributed by atoms with Crippen LogP contribution in [0.5, 0.6) is 0 Å². The topological polar surface area (TPSA) is 24.9 Å². The predicted molar refractivity (Wildman–Crippen MR) is 84.0 cm³/mol. The zero-order valence-electron chi connectivity index (χ0n) is 12.2. The van der Waals surface area contributed by atoms with E-state index in [1.54, 1.807) is 29.2 Å². The maximum Gasteiger partial charge on any atom is 0.154 e. The number of hydrogen-bond acceptors (Lipinski definition) is 4. The maximum absolute atomic E-state index is 13.5. The van der Waals surface area contributed by atoms with E-state index < -0.39 is 0 Å². The number of aromatic nitrogens is 1. The molecule has 0 atom stereocenters. The van der Waals surface area contributed by atoms with Gasteiger partial charge in [0.25, 0.3) is 0 Å². The Morgan fingerprint density at radius 2 is 2.10 bits per heavy atom. The van der Waals surface area contributed by atoms with Crippen molar-refractivity contribution in [1.82, 2.24) is 10.3 Å². The Morgan fingerprint density at radius 1 is 1.35 bits per heavy atom. The van der Waals surface area contributed by atoms with E-state index in [2.05, 4.69) is 31.1 Å². The van der Waals surface area contributed by atoms with Gasteiger partial charge in [-0.2, -0.15) is 0 Å². The minimum atomic E-state index is -0.199. The molecule has 1 aromatic heterocycles. The van der Waals surface area contributed by atoms with Crippen molar-refractivity contribution in [2.75, 3.05) is 0 Å². The number of benzene rings is 1. The molecule has 5 heteroatoms. The number of nitrogens with one attached hydrogen (secondary N) is 1. The second-order valence-electron chi connectivity index (χ2n) is 5.71. The molecule has 0 fully saturated rings. The minimum Gasteiger partial charge on any atom is -0.308 e. The fraction of sp³-hybridized carbons (Fsp3) is 0.400. The van der Waals surface area contributed by atoms with Crippen LogP contribution in [0.25, 0.3) is 0 Å². The first-order chi connectivity index (χ1) is 9.33. The van der Waals surface area contributed by atoms with Crippen molar-refractivity contribution in [2.45, 2.75) is 49.0 Å². The van der Waals surface area contributed by atoms with Gasteiger partial charge in [-0.05, 0) is 51.5 Å². The van der Waals surface area contributed by atoms with Gasteiger partial charge >= 0.3 is 0 Å². The van der Waals surface area contributed by atoms with Gasteiger partial charge in [0, 0.05) is 28.1 Å². The van der Waals surface area contributed by atoms with Crippen LogP contribution in [-0.2, 0) is 6.54 Å². The Balaban J connectivity index is 2.19. The number of thiazole rings is 1. The van der Waals surface area contributed by atoms with Crippen LogP contribution in [0.2, 0.25) is 0 Å². The van der Waals surface area contributed by atoms with Crippen LogP contribution in [-0.4, -0.2) is 10.5 Å². The van der Waals surface area contributed by atoms with Crippen molar-refractivity contribution in [3.8, 4) is 0 Å². The molecule has 1 aromatic carbocycles. The summed E-state index contributed by atoms with van der Waals surface area (Å²) >= 11 is 3.21. The Labute approximate surface area is 127 Å². The molecular weight excluding hydrogens is 291 g/mol. The summed E-state index contributed by atoms with van der Waals surface area (Å²) in [6, 6.07) is 4.93. The molecule has 2 aromatic rings. The summed E-state index contributed by atoms with van der Waals surface area (Å²) < 4.78 is 14.5. The summed E-state index contributed by atoms with van der Waals surface area (Å²) in [5, 5.41) is 5.43. The van der Waals surface area contributed by atoms with Gasteiger partial charge in [0.2, 0.25) is 0 Å². The third-order valence-corrected chi connectivity index (χ3v) is 4.80. The van der Waals surface area contributed by atoms with Gasteiger partial charge in [-0.3, -0.25) is 0 Å². The average Bonchev–Trinajstić information content (AvgIpc) is 2.74. The monoisotopic (exact) mass is 310 g/mol. The summed E-state index contributed by atoms with van der Waals surface area (Å²) in [6.45, 7) is 8.93. The van der Waals surface area contributed by atoms with Crippen molar-refractivity contribution >= 4 is 23.1 Å². The summed E-state index contributed by atoms with van der Waals surface area (Å²) in [5.41, 5.74) is 2.00. The van der Waals surface area contributed by atoms with Crippen molar-refractivity contribution in [2.24, 2.45) is 0 Å². The first-order valence-electron chi connectivity index (χ1n) is 6.47. The molecular formula is C15H19FN2S2. The molecule has 2 rings (SSSR count). The van der Waals surface area contributed by atoms with E-state index in [9.17, 15) is 4.39 Å². The van der Waals surface area contributed by atoms with E-state index in [1.807, 2.05) is 18.4 Å². The molecule has 1 heterocycles.